The third kappa shape index (κ3) is 4.45. The number of esters is 1. The molecule has 0 aromatic heterocycles. The number of ketones is 1. The number of benzene rings is 1. The maximum absolute atomic E-state index is 12.4. The Morgan fingerprint density at radius 2 is 2.00 bits per heavy atom. The second-order valence-electron chi connectivity index (χ2n) is 4.85. The maximum Gasteiger partial charge on any atom is 0.333 e. The van der Waals surface area contributed by atoms with Gasteiger partial charge in [-0.25, -0.2) is 4.79 Å². The molecule has 1 aliphatic rings. The largest absolute Gasteiger partial charge is 0.463 e. The fraction of sp³-hybridized carbons (Fsp3) is 0.312. The van der Waals surface area contributed by atoms with E-state index in [1.165, 1.54) is 22.7 Å². The van der Waals surface area contributed by atoms with Gasteiger partial charge in [-0.1, -0.05) is 39.8 Å². The van der Waals surface area contributed by atoms with Crippen LogP contribution in [0.5, 0.6) is 0 Å². The van der Waals surface area contributed by atoms with Crippen LogP contribution < -0.4 is 0 Å². The van der Waals surface area contributed by atoms with E-state index >= 15 is 0 Å². The summed E-state index contributed by atoms with van der Waals surface area (Å²) in [6, 6.07) is 6.92. The number of carbonyl (C=O) groups is 3. The van der Waals surface area contributed by atoms with E-state index in [9.17, 15) is 14.4 Å². The Balaban J connectivity index is 2.17. The monoisotopic (exact) mass is 397 g/mol. The van der Waals surface area contributed by atoms with Gasteiger partial charge in [-0.05, 0) is 26.0 Å². The van der Waals surface area contributed by atoms with Crippen molar-refractivity contribution in [3.63, 3.8) is 0 Å². The molecule has 0 radical (unpaired) electrons. The van der Waals surface area contributed by atoms with Crippen molar-refractivity contribution in [2.24, 2.45) is 0 Å². The Bertz CT molecular complexity index is 657. The molecule has 1 aromatic carbocycles. The number of amides is 1. The summed E-state index contributed by atoms with van der Waals surface area (Å²) < 4.78 is 5.74. The van der Waals surface area contributed by atoms with Gasteiger partial charge in [0.1, 0.15) is 0 Å². The van der Waals surface area contributed by atoms with Gasteiger partial charge in [-0.3, -0.25) is 14.5 Å². The minimum atomic E-state index is -0.516. The molecule has 2 rings (SSSR count). The fourth-order valence-corrected chi connectivity index (χ4v) is 3.35. The number of rotatable bonds is 5. The van der Waals surface area contributed by atoms with Crippen molar-refractivity contribution < 1.29 is 19.1 Å². The smallest absolute Gasteiger partial charge is 0.333 e. The highest BCUT2D eigenvalue weighted by Gasteiger charge is 2.35. The predicted molar refractivity (Wildman–Crippen MR) is 92.0 cm³/mol. The quantitative estimate of drug-likeness (QED) is 0.434. The van der Waals surface area contributed by atoms with Gasteiger partial charge in [0.15, 0.2) is 5.78 Å². The van der Waals surface area contributed by atoms with E-state index in [0.29, 0.717) is 10.6 Å². The zero-order chi connectivity index (χ0) is 17.0. The van der Waals surface area contributed by atoms with Crippen LogP contribution in [0.2, 0.25) is 0 Å². The maximum atomic E-state index is 12.4. The standard InChI is InChI=1S/C16H16BrNO4S/c1-3-22-15(20)8-14-18(16(21)10(2)23-14)9-13(19)11-4-6-12(17)7-5-11/h4-8,10H,3,9H2,1-2H3/b14-8+/t10-/m1/s1. The van der Waals surface area contributed by atoms with Crippen molar-refractivity contribution in [3.05, 3.63) is 45.4 Å². The predicted octanol–water partition coefficient (Wildman–Crippen LogP) is 3.00. The summed E-state index contributed by atoms with van der Waals surface area (Å²) in [5, 5.41) is 0.125. The van der Waals surface area contributed by atoms with Crippen LogP contribution in [0.1, 0.15) is 24.2 Å². The zero-order valence-electron chi connectivity index (χ0n) is 12.7. The lowest BCUT2D eigenvalue weighted by Crippen LogP contribution is -2.33. The van der Waals surface area contributed by atoms with E-state index in [0.717, 1.165) is 4.47 Å². The molecular formula is C16H16BrNO4S. The molecule has 0 unspecified atom stereocenters. The number of hydrogen-bond acceptors (Lipinski definition) is 5. The third-order valence-corrected chi connectivity index (χ3v) is 4.84. The Morgan fingerprint density at radius 3 is 2.61 bits per heavy atom. The third-order valence-electron chi connectivity index (χ3n) is 3.17. The number of Topliss-reactive ketones (excluding diaryl/α,β-unsaturated/α-hetero) is 1. The van der Waals surface area contributed by atoms with Crippen LogP contribution in [-0.4, -0.2) is 41.0 Å². The van der Waals surface area contributed by atoms with E-state index < -0.39 is 5.97 Å². The molecule has 1 atom stereocenters. The molecule has 0 bridgehead atoms. The molecule has 0 aliphatic carbocycles. The van der Waals surface area contributed by atoms with Crippen molar-refractivity contribution in [1.82, 2.24) is 4.90 Å². The average molecular weight is 398 g/mol. The van der Waals surface area contributed by atoms with E-state index in [-0.39, 0.29) is 30.1 Å². The van der Waals surface area contributed by atoms with Crippen molar-refractivity contribution in [2.75, 3.05) is 13.2 Å². The highest BCUT2D eigenvalue weighted by Crippen LogP contribution is 2.34. The van der Waals surface area contributed by atoms with Crippen LogP contribution in [-0.2, 0) is 14.3 Å². The van der Waals surface area contributed by atoms with Gasteiger partial charge in [-0.2, -0.15) is 0 Å². The fourth-order valence-electron chi connectivity index (χ4n) is 2.05. The van der Waals surface area contributed by atoms with E-state index in [1.54, 1.807) is 38.1 Å². The molecule has 1 aliphatic heterocycles. The molecule has 0 saturated carbocycles. The minimum Gasteiger partial charge on any atom is -0.463 e. The van der Waals surface area contributed by atoms with E-state index in [4.69, 9.17) is 4.74 Å². The van der Waals surface area contributed by atoms with Crippen LogP contribution in [0.25, 0.3) is 0 Å². The van der Waals surface area contributed by atoms with Gasteiger partial charge in [0.05, 0.1) is 29.5 Å². The van der Waals surface area contributed by atoms with Crippen LogP contribution in [0.3, 0.4) is 0 Å². The van der Waals surface area contributed by atoms with Gasteiger partial charge in [-0.15, -0.1) is 0 Å². The first-order chi connectivity index (χ1) is 10.9. The van der Waals surface area contributed by atoms with Gasteiger partial charge >= 0.3 is 5.97 Å². The molecule has 1 heterocycles. The molecule has 1 aromatic rings. The molecular weight excluding hydrogens is 382 g/mol. The Hall–Kier alpha value is -1.60. The van der Waals surface area contributed by atoms with Crippen LogP contribution >= 0.6 is 27.7 Å². The summed E-state index contributed by atoms with van der Waals surface area (Å²) in [6.45, 7) is 3.62. The van der Waals surface area contributed by atoms with Crippen molar-refractivity contribution in [3.8, 4) is 0 Å². The van der Waals surface area contributed by atoms with Crippen molar-refractivity contribution in [1.29, 1.82) is 0 Å². The lowest BCUT2D eigenvalue weighted by molar-refractivity contribution is -0.137. The van der Waals surface area contributed by atoms with Gasteiger partial charge < -0.3 is 4.74 Å². The highest BCUT2D eigenvalue weighted by atomic mass is 79.9. The first-order valence-corrected chi connectivity index (χ1v) is 8.75. The molecule has 23 heavy (non-hydrogen) atoms. The molecule has 122 valence electrons. The number of thioether (sulfide) groups is 1. The molecule has 5 nitrogen and oxygen atoms in total. The first kappa shape index (κ1) is 17.7. The minimum absolute atomic E-state index is 0.0942. The molecule has 1 amide bonds. The molecule has 1 fully saturated rings. The number of hydrogen-bond donors (Lipinski definition) is 0. The van der Waals surface area contributed by atoms with E-state index in [1.807, 2.05) is 0 Å². The number of carbonyl (C=O) groups excluding carboxylic acids is 3. The Morgan fingerprint density at radius 1 is 1.35 bits per heavy atom. The van der Waals surface area contributed by atoms with E-state index in [2.05, 4.69) is 15.9 Å². The number of halogens is 1. The Kier molecular flexibility index (Phi) is 6.01. The lowest BCUT2D eigenvalue weighted by atomic mass is 10.1. The zero-order valence-corrected chi connectivity index (χ0v) is 15.1. The number of ether oxygens (including phenoxy) is 1. The van der Waals surface area contributed by atoms with Gasteiger partial charge in [0.25, 0.3) is 0 Å². The summed E-state index contributed by atoms with van der Waals surface area (Å²) in [5.41, 5.74) is 0.515. The van der Waals surface area contributed by atoms with Crippen LogP contribution in [0.15, 0.2) is 39.8 Å². The van der Waals surface area contributed by atoms with Crippen molar-refractivity contribution in [2.45, 2.75) is 19.1 Å². The first-order valence-electron chi connectivity index (χ1n) is 7.07. The summed E-state index contributed by atoms with van der Waals surface area (Å²) in [6.07, 6.45) is 1.27. The summed E-state index contributed by atoms with van der Waals surface area (Å²) in [5.74, 6) is -0.885. The average Bonchev–Trinajstić information content (AvgIpc) is 2.75. The SMILES string of the molecule is CCOC(=O)/C=C1/S[C@H](C)C(=O)N1CC(=O)c1ccc(Br)cc1. The summed E-state index contributed by atoms with van der Waals surface area (Å²) in [7, 11) is 0. The Labute approximate surface area is 147 Å². The molecule has 7 heteroatoms. The molecule has 1 saturated heterocycles. The lowest BCUT2D eigenvalue weighted by Gasteiger charge is -2.16. The summed E-state index contributed by atoms with van der Waals surface area (Å²) >= 11 is 4.56. The summed E-state index contributed by atoms with van der Waals surface area (Å²) in [4.78, 5) is 37.5. The highest BCUT2D eigenvalue weighted by molar-refractivity contribution is 9.10. The van der Waals surface area contributed by atoms with Crippen LogP contribution in [0, 0.1) is 0 Å². The molecule has 0 N–H and O–H groups in total. The van der Waals surface area contributed by atoms with Gasteiger partial charge in [0, 0.05) is 10.0 Å². The van der Waals surface area contributed by atoms with Crippen molar-refractivity contribution >= 4 is 45.4 Å². The normalized spacial score (nSPS) is 19.3. The number of nitrogens with zero attached hydrogens (tertiary/aromatic N) is 1. The van der Waals surface area contributed by atoms with Gasteiger partial charge in [0.2, 0.25) is 5.91 Å². The molecule has 0 spiro atoms. The topological polar surface area (TPSA) is 63.7 Å². The second kappa shape index (κ2) is 7.79. The second-order valence-corrected chi connectivity index (χ2v) is 7.13. The van der Waals surface area contributed by atoms with Crippen LogP contribution in [0.4, 0.5) is 0 Å².